The number of carbonyl (C=O) groups excluding carboxylic acids is 1. The Balaban J connectivity index is 2.50. The molecule has 1 unspecified atom stereocenters. The summed E-state index contributed by atoms with van der Waals surface area (Å²) in [5, 5.41) is 2.52. The lowest BCUT2D eigenvalue weighted by molar-refractivity contribution is 0.0947. The van der Waals surface area contributed by atoms with Gasteiger partial charge < -0.3 is 11.1 Å². The molecule has 0 bridgehead atoms. The summed E-state index contributed by atoms with van der Waals surface area (Å²) in [6.45, 7) is 2.27. The molecule has 1 rings (SSSR count). The zero-order valence-corrected chi connectivity index (χ0v) is 9.67. The summed E-state index contributed by atoms with van der Waals surface area (Å²) >= 11 is 0. The van der Waals surface area contributed by atoms with Crippen LogP contribution in [0.2, 0.25) is 0 Å². The first-order valence-electron chi connectivity index (χ1n) is 5.50. The summed E-state index contributed by atoms with van der Waals surface area (Å²) in [7, 11) is 0. The van der Waals surface area contributed by atoms with Crippen LogP contribution in [-0.2, 0) is 0 Å². The molecule has 0 fully saturated rings. The number of halogens is 2. The van der Waals surface area contributed by atoms with Crippen LogP contribution in [0.4, 0.5) is 8.78 Å². The predicted molar refractivity (Wildman–Crippen MR) is 61.6 cm³/mol. The third kappa shape index (κ3) is 4.11. The van der Waals surface area contributed by atoms with Gasteiger partial charge in [0.05, 0.1) is 5.56 Å². The molecule has 1 aromatic rings. The molecule has 1 amide bonds. The van der Waals surface area contributed by atoms with E-state index in [4.69, 9.17) is 5.73 Å². The topological polar surface area (TPSA) is 55.1 Å². The van der Waals surface area contributed by atoms with Crippen molar-refractivity contribution in [3.8, 4) is 0 Å². The molecular formula is C12H16F2N2O. The summed E-state index contributed by atoms with van der Waals surface area (Å²) in [4.78, 5) is 11.5. The van der Waals surface area contributed by atoms with Gasteiger partial charge in [0.25, 0.3) is 5.91 Å². The maximum Gasteiger partial charge on any atom is 0.254 e. The Morgan fingerprint density at radius 2 is 2.18 bits per heavy atom. The van der Waals surface area contributed by atoms with Crippen molar-refractivity contribution in [3.05, 3.63) is 35.4 Å². The SMILES string of the molecule is CC(N)CCCNC(=O)c1cccc(F)c1F. The molecule has 3 N–H and O–H groups in total. The van der Waals surface area contributed by atoms with Gasteiger partial charge in [0.1, 0.15) is 0 Å². The van der Waals surface area contributed by atoms with E-state index < -0.39 is 17.5 Å². The van der Waals surface area contributed by atoms with Crippen molar-refractivity contribution in [2.24, 2.45) is 5.73 Å². The van der Waals surface area contributed by atoms with E-state index in [1.807, 2.05) is 6.92 Å². The van der Waals surface area contributed by atoms with E-state index in [2.05, 4.69) is 5.32 Å². The average molecular weight is 242 g/mol. The lowest BCUT2D eigenvalue weighted by Gasteiger charge is -2.07. The maximum atomic E-state index is 13.2. The fourth-order valence-electron chi connectivity index (χ4n) is 1.40. The molecule has 5 heteroatoms. The Labute approximate surface area is 99.0 Å². The minimum Gasteiger partial charge on any atom is -0.352 e. The zero-order chi connectivity index (χ0) is 12.8. The molecular weight excluding hydrogens is 226 g/mol. The Hall–Kier alpha value is -1.49. The quantitative estimate of drug-likeness (QED) is 0.774. The van der Waals surface area contributed by atoms with Crippen molar-refractivity contribution in [2.75, 3.05) is 6.54 Å². The van der Waals surface area contributed by atoms with Crippen molar-refractivity contribution in [3.63, 3.8) is 0 Å². The minimum absolute atomic E-state index is 0.0674. The van der Waals surface area contributed by atoms with E-state index in [0.717, 1.165) is 12.5 Å². The molecule has 1 atom stereocenters. The number of nitrogens with one attached hydrogen (secondary N) is 1. The number of nitrogens with two attached hydrogens (primary N) is 1. The summed E-state index contributed by atoms with van der Waals surface area (Å²) < 4.78 is 26.1. The third-order valence-corrected chi connectivity index (χ3v) is 2.32. The molecule has 0 saturated heterocycles. The largest absolute Gasteiger partial charge is 0.352 e. The standard InChI is InChI=1S/C12H16F2N2O/c1-8(15)4-3-7-16-12(17)9-5-2-6-10(13)11(9)14/h2,5-6,8H,3-4,7,15H2,1H3,(H,16,17). The lowest BCUT2D eigenvalue weighted by Crippen LogP contribution is -2.27. The van der Waals surface area contributed by atoms with Gasteiger partial charge in [0, 0.05) is 12.6 Å². The zero-order valence-electron chi connectivity index (χ0n) is 9.67. The summed E-state index contributed by atoms with van der Waals surface area (Å²) in [6, 6.07) is 3.59. The fourth-order valence-corrected chi connectivity index (χ4v) is 1.40. The van der Waals surface area contributed by atoms with Gasteiger partial charge in [-0.3, -0.25) is 4.79 Å². The molecule has 0 radical (unpaired) electrons. The smallest absolute Gasteiger partial charge is 0.254 e. The molecule has 94 valence electrons. The summed E-state index contributed by atoms with van der Waals surface area (Å²) in [5.74, 6) is -2.74. The fraction of sp³-hybridized carbons (Fsp3) is 0.417. The van der Waals surface area contributed by atoms with Crippen LogP contribution >= 0.6 is 0 Å². The molecule has 0 saturated carbocycles. The van der Waals surface area contributed by atoms with Gasteiger partial charge in [0.2, 0.25) is 0 Å². The lowest BCUT2D eigenvalue weighted by atomic mass is 10.1. The van der Waals surface area contributed by atoms with E-state index in [1.165, 1.54) is 12.1 Å². The molecule has 0 heterocycles. The molecule has 17 heavy (non-hydrogen) atoms. The number of amides is 1. The highest BCUT2D eigenvalue weighted by atomic mass is 19.2. The van der Waals surface area contributed by atoms with Gasteiger partial charge in [-0.1, -0.05) is 6.07 Å². The van der Waals surface area contributed by atoms with Crippen LogP contribution in [0.3, 0.4) is 0 Å². The first-order chi connectivity index (χ1) is 8.02. The molecule has 0 aromatic heterocycles. The van der Waals surface area contributed by atoms with Crippen LogP contribution in [0.25, 0.3) is 0 Å². The number of hydrogen-bond donors (Lipinski definition) is 2. The molecule has 0 aliphatic rings. The normalized spacial score (nSPS) is 12.2. The molecule has 1 aromatic carbocycles. The number of carbonyl (C=O) groups is 1. The van der Waals surface area contributed by atoms with Crippen molar-refractivity contribution < 1.29 is 13.6 Å². The van der Waals surface area contributed by atoms with E-state index in [0.29, 0.717) is 13.0 Å². The van der Waals surface area contributed by atoms with Crippen LogP contribution in [0.1, 0.15) is 30.1 Å². The Bertz CT molecular complexity index is 394. The Morgan fingerprint density at radius 1 is 1.47 bits per heavy atom. The van der Waals surface area contributed by atoms with Crippen LogP contribution in [0.15, 0.2) is 18.2 Å². The number of rotatable bonds is 5. The highest BCUT2D eigenvalue weighted by Crippen LogP contribution is 2.10. The first-order valence-corrected chi connectivity index (χ1v) is 5.50. The number of hydrogen-bond acceptors (Lipinski definition) is 2. The van der Waals surface area contributed by atoms with Gasteiger partial charge in [-0.2, -0.15) is 0 Å². The van der Waals surface area contributed by atoms with Crippen molar-refractivity contribution in [1.82, 2.24) is 5.32 Å². The second-order valence-corrected chi connectivity index (χ2v) is 3.98. The summed E-state index contributed by atoms with van der Waals surface area (Å²) in [5.41, 5.74) is 5.27. The third-order valence-electron chi connectivity index (χ3n) is 2.32. The molecule has 0 aliphatic carbocycles. The van der Waals surface area contributed by atoms with Crippen LogP contribution < -0.4 is 11.1 Å². The Kier molecular flexibility index (Phi) is 5.03. The predicted octanol–water partition coefficient (Wildman–Crippen LogP) is 1.82. The minimum atomic E-state index is -1.11. The highest BCUT2D eigenvalue weighted by Gasteiger charge is 2.14. The second kappa shape index (κ2) is 6.30. The van der Waals surface area contributed by atoms with Crippen LogP contribution in [0.5, 0.6) is 0 Å². The summed E-state index contributed by atoms with van der Waals surface area (Å²) in [6.07, 6.45) is 1.48. The number of benzene rings is 1. The van der Waals surface area contributed by atoms with E-state index in [-0.39, 0.29) is 11.6 Å². The van der Waals surface area contributed by atoms with Crippen molar-refractivity contribution in [2.45, 2.75) is 25.8 Å². The van der Waals surface area contributed by atoms with E-state index in [9.17, 15) is 13.6 Å². The second-order valence-electron chi connectivity index (χ2n) is 3.98. The van der Waals surface area contributed by atoms with Gasteiger partial charge in [-0.25, -0.2) is 8.78 Å². The van der Waals surface area contributed by atoms with Gasteiger partial charge >= 0.3 is 0 Å². The highest BCUT2D eigenvalue weighted by molar-refractivity contribution is 5.94. The van der Waals surface area contributed by atoms with Crippen molar-refractivity contribution >= 4 is 5.91 Å². The van der Waals surface area contributed by atoms with Gasteiger partial charge in [-0.05, 0) is 31.9 Å². The maximum absolute atomic E-state index is 13.2. The van der Waals surface area contributed by atoms with Crippen LogP contribution in [-0.4, -0.2) is 18.5 Å². The van der Waals surface area contributed by atoms with Gasteiger partial charge in [-0.15, -0.1) is 0 Å². The van der Waals surface area contributed by atoms with Crippen molar-refractivity contribution in [1.29, 1.82) is 0 Å². The molecule has 0 spiro atoms. The van der Waals surface area contributed by atoms with Crippen LogP contribution in [0, 0.1) is 11.6 Å². The average Bonchev–Trinajstić information content (AvgIpc) is 2.27. The van der Waals surface area contributed by atoms with E-state index >= 15 is 0 Å². The molecule has 3 nitrogen and oxygen atoms in total. The monoisotopic (exact) mass is 242 g/mol. The van der Waals surface area contributed by atoms with E-state index in [1.54, 1.807) is 0 Å². The molecule has 0 aliphatic heterocycles. The van der Waals surface area contributed by atoms with Gasteiger partial charge in [0.15, 0.2) is 11.6 Å². The Morgan fingerprint density at radius 3 is 2.82 bits per heavy atom. The first kappa shape index (κ1) is 13.6.